The molecule has 0 atom stereocenters. The molecule has 0 aliphatic heterocycles. The van der Waals surface area contributed by atoms with E-state index in [0.717, 1.165) is 27.4 Å². The van der Waals surface area contributed by atoms with Crippen molar-refractivity contribution < 1.29 is 14.3 Å². The van der Waals surface area contributed by atoms with Gasteiger partial charge in [-0.2, -0.15) is 0 Å². The lowest BCUT2D eigenvalue weighted by Gasteiger charge is -2.12. The van der Waals surface area contributed by atoms with Crippen molar-refractivity contribution in [3.05, 3.63) is 60.8 Å². The van der Waals surface area contributed by atoms with Crippen molar-refractivity contribution in [1.29, 1.82) is 0 Å². The maximum atomic E-state index is 12.6. The third kappa shape index (κ3) is 4.23. The summed E-state index contributed by atoms with van der Waals surface area (Å²) in [6.45, 7) is 0. The molecule has 4 rings (SSSR count). The van der Waals surface area contributed by atoms with Crippen LogP contribution in [0, 0.1) is 0 Å². The molecule has 0 saturated carbocycles. The average Bonchev–Trinajstić information content (AvgIpc) is 3.22. The summed E-state index contributed by atoms with van der Waals surface area (Å²) in [5.74, 6) is 1.94. The number of amides is 1. The second-order valence-electron chi connectivity index (χ2n) is 6.36. The third-order valence-electron chi connectivity index (χ3n) is 4.44. The van der Waals surface area contributed by atoms with Gasteiger partial charge < -0.3 is 19.8 Å². The normalized spacial score (nSPS) is 10.7. The van der Waals surface area contributed by atoms with Crippen LogP contribution in [0.1, 0.15) is 0 Å². The van der Waals surface area contributed by atoms with Crippen LogP contribution in [0.4, 0.5) is 5.69 Å². The van der Waals surface area contributed by atoms with Crippen molar-refractivity contribution in [3.63, 3.8) is 0 Å². The molecule has 8 heteroatoms. The van der Waals surface area contributed by atoms with Gasteiger partial charge in [0, 0.05) is 17.8 Å². The van der Waals surface area contributed by atoms with Gasteiger partial charge in [-0.15, -0.1) is 0 Å². The van der Waals surface area contributed by atoms with Gasteiger partial charge in [0.25, 0.3) is 0 Å². The van der Waals surface area contributed by atoms with Crippen LogP contribution in [0.25, 0.3) is 22.4 Å². The molecule has 7 nitrogen and oxygen atoms in total. The van der Waals surface area contributed by atoms with E-state index in [9.17, 15) is 4.79 Å². The quantitative estimate of drug-likeness (QED) is 0.432. The Morgan fingerprint density at radius 3 is 2.77 bits per heavy atom. The summed E-state index contributed by atoms with van der Waals surface area (Å²) in [7, 11) is 3.13. The molecule has 30 heavy (non-hydrogen) atoms. The van der Waals surface area contributed by atoms with E-state index in [1.807, 2.05) is 36.4 Å². The Labute approximate surface area is 177 Å². The number of nitrogens with one attached hydrogen (secondary N) is 2. The number of aromatic amines is 1. The summed E-state index contributed by atoms with van der Waals surface area (Å²) in [4.78, 5) is 25.0. The summed E-state index contributed by atoms with van der Waals surface area (Å²) in [6.07, 6.45) is 1.71. The maximum absolute atomic E-state index is 12.6. The van der Waals surface area contributed by atoms with Crippen LogP contribution in [0.15, 0.2) is 65.8 Å². The van der Waals surface area contributed by atoms with Gasteiger partial charge in [0.1, 0.15) is 22.3 Å². The first-order chi connectivity index (χ1) is 14.7. The van der Waals surface area contributed by atoms with Gasteiger partial charge in [-0.25, -0.2) is 9.97 Å². The number of benzene rings is 2. The van der Waals surface area contributed by atoms with Crippen molar-refractivity contribution in [2.45, 2.75) is 5.03 Å². The molecule has 152 valence electrons. The number of anilines is 1. The highest BCUT2D eigenvalue weighted by Gasteiger charge is 2.14. The second kappa shape index (κ2) is 8.87. The van der Waals surface area contributed by atoms with Crippen LogP contribution >= 0.6 is 11.8 Å². The number of pyridine rings is 1. The second-order valence-corrected chi connectivity index (χ2v) is 7.33. The molecule has 0 aliphatic rings. The molecule has 0 bridgehead atoms. The zero-order chi connectivity index (χ0) is 20.9. The van der Waals surface area contributed by atoms with Crippen molar-refractivity contribution in [2.24, 2.45) is 0 Å². The number of methoxy groups -OCH3 is 2. The Hall–Kier alpha value is -3.52. The van der Waals surface area contributed by atoms with E-state index in [1.165, 1.54) is 11.8 Å². The third-order valence-corrected chi connectivity index (χ3v) is 5.44. The highest BCUT2D eigenvalue weighted by molar-refractivity contribution is 8.00. The number of nitrogens with zero attached hydrogens (tertiary/aromatic N) is 2. The molecule has 4 aromatic rings. The van der Waals surface area contributed by atoms with Crippen LogP contribution < -0.4 is 14.8 Å². The number of rotatable bonds is 7. The number of carbonyl (C=O) groups is 1. The lowest BCUT2D eigenvalue weighted by atomic mass is 10.2. The van der Waals surface area contributed by atoms with Crippen LogP contribution in [0.2, 0.25) is 0 Å². The van der Waals surface area contributed by atoms with E-state index in [-0.39, 0.29) is 11.7 Å². The molecule has 0 spiro atoms. The number of H-pyrrole nitrogens is 1. The maximum Gasteiger partial charge on any atom is 0.234 e. The molecule has 0 saturated heterocycles. The minimum absolute atomic E-state index is 0.173. The molecule has 2 aromatic heterocycles. The molecule has 2 heterocycles. The first kappa shape index (κ1) is 19.8. The lowest BCUT2D eigenvalue weighted by molar-refractivity contribution is -0.113. The number of fused-ring (bicyclic) bond motifs is 1. The Morgan fingerprint density at radius 1 is 1.10 bits per heavy atom. The topological polar surface area (TPSA) is 89.1 Å². The Balaban J connectivity index is 1.50. The lowest BCUT2D eigenvalue weighted by Crippen LogP contribution is -2.15. The van der Waals surface area contributed by atoms with Gasteiger partial charge in [0.2, 0.25) is 5.91 Å². The van der Waals surface area contributed by atoms with Gasteiger partial charge in [0.15, 0.2) is 0 Å². The Morgan fingerprint density at radius 2 is 1.97 bits per heavy atom. The van der Waals surface area contributed by atoms with Gasteiger partial charge >= 0.3 is 0 Å². The monoisotopic (exact) mass is 420 g/mol. The van der Waals surface area contributed by atoms with E-state index >= 15 is 0 Å². The SMILES string of the molecule is COc1ccc(OC)c(NC(=O)CSc2ncccc2-c2nc3ccccc3[nH]2)c1. The molecule has 0 fully saturated rings. The molecule has 1 amide bonds. The summed E-state index contributed by atoms with van der Waals surface area (Å²) in [5, 5.41) is 3.60. The average molecular weight is 420 g/mol. The summed E-state index contributed by atoms with van der Waals surface area (Å²) in [6, 6.07) is 16.9. The fourth-order valence-electron chi connectivity index (χ4n) is 3.00. The number of carbonyl (C=O) groups excluding carboxylic acids is 1. The van der Waals surface area contributed by atoms with Gasteiger partial charge in [-0.1, -0.05) is 23.9 Å². The van der Waals surface area contributed by atoms with E-state index in [4.69, 9.17) is 9.47 Å². The van der Waals surface area contributed by atoms with Crippen molar-refractivity contribution in [2.75, 3.05) is 25.3 Å². The predicted octanol–water partition coefficient (Wildman–Crippen LogP) is 4.37. The number of hydrogen-bond donors (Lipinski definition) is 2. The zero-order valence-corrected chi connectivity index (χ0v) is 17.3. The summed E-state index contributed by atoms with van der Waals surface area (Å²) >= 11 is 1.35. The molecule has 0 aliphatic carbocycles. The van der Waals surface area contributed by atoms with Crippen molar-refractivity contribution in [1.82, 2.24) is 15.0 Å². The highest BCUT2D eigenvalue weighted by atomic mass is 32.2. The minimum Gasteiger partial charge on any atom is -0.497 e. The van der Waals surface area contributed by atoms with E-state index in [0.29, 0.717) is 17.2 Å². The van der Waals surface area contributed by atoms with Gasteiger partial charge in [-0.3, -0.25) is 4.79 Å². The van der Waals surface area contributed by atoms with Gasteiger partial charge in [0.05, 0.1) is 36.7 Å². The smallest absolute Gasteiger partial charge is 0.234 e. The highest BCUT2D eigenvalue weighted by Crippen LogP contribution is 2.31. The molecular formula is C22H20N4O3S. The van der Waals surface area contributed by atoms with Crippen molar-refractivity contribution in [3.8, 4) is 22.9 Å². The number of aromatic nitrogens is 3. The van der Waals surface area contributed by atoms with Crippen LogP contribution in [-0.4, -0.2) is 40.8 Å². The van der Waals surface area contributed by atoms with E-state index in [1.54, 1.807) is 38.6 Å². The first-order valence-corrected chi connectivity index (χ1v) is 10.2. The summed E-state index contributed by atoms with van der Waals surface area (Å²) in [5.41, 5.74) is 3.25. The number of thioether (sulfide) groups is 1. The van der Waals surface area contributed by atoms with E-state index in [2.05, 4.69) is 20.3 Å². The molecule has 0 radical (unpaired) electrons. The fraction of sp³-hybridized carbons (Fsp3) is 0.136. The predicted molar refractivity (Wildman–Crippen MR) is 118 cm³/mol. The molecular weight excluding hydrogens is 400 g/mol. The fourth-order valence-corrected chi connectivity index (χ4v) is 3.79. The van der Waals surface area contributed by atoms with Crippen LogP contribution in [0.3, 0.4) is 0 Å². The first-order valence-electron chi connectivity index (χ1n) is 9.22. The number of hydrogen-bond acceptors (Lipinski definition) is 6. The van der Waals surface area contributed by atoms with Crippen molar-refractivity contribution >= 4 is 34.4 Å². The number of para-hydroxylation sites is 2. The van der Waals surface area contributed by atoms with Gasteiger partial charge in [-0.05, 0) is 36.4 Å². The standard InChI is InChI=1S/C22H20N4O3S/c1-28-14-9-10-19(29-2)18(12-14)24-20(27)13-30-22-15(6-5-11-23-22)21-25-16-7-3-4-8-17(16)26-21/h3-12H,13H2,1-2H3,(H,24,27)(H,25,26). The van der Waals surface area contributed by atoms with E-state index < -0.39 is 0 Å². The minimum atomic E-state index is -0.173. The van der Waals surface area contributed by atoms with Crippen LogP contribution in [0.5, 0.6) is 11.5 Å². The zero-order valence-electron chi connectivity index (χ0n) is 16.5. The van der Waals surface area contributed by atoms with Crippen LogP contribution in [-0.2, 0) is 4.79 Å². The molecule has 2 aromatic carbocycles. The summed E-state index contributed by atoms with van der Waals surface area (Å²) < 4.78 is 10.5. The Bertz CT molecular complexity index is 1160. The molecule has 2 N–H and O–H groups in total. The number of imidazole rings is 1. The largest absolute Gasteiger partial charge is 0.497 e. The molecule has 0 unspecified atom stereocenters. The Kier molecular flexibility index (Phi) is 5.85. The number of ether oxygens (including phenoxy) is 2.